The van der Waals surface area contributed by atoms with Crippen molar-refractivity contribution in [2.24, 2.45) is 0 Å². The second-order valence-corrected chi connectivity index (χ2v) is 9.71. The third-order valence-corrected chi connectivity index (χ3v) is 6.57. The van der Waals surface area contributed by atoms with Gasteiger partial charge in [0.2, 0.25) is 0 Å². The highest BCUT2D eigenvalue weighted by Crippen LogP contribution is 2.33. The maximum absolute atomic E-state index is 13.1. The van der Waals surface area contributed by atoms with E-state index in [1.54, 1.807) is 36.5 Å². The lowest BCUT2D eigenvalue weighted by Crippen LogP contribution is -2.19. The number of benzene rings is 2. The lowest BCUT2D eigenvalue weighted by Gasteiger charge is -2.10. The van der Waals surface area contributed by atoms with E-state index in [0.717, 1.165) is 20.9 Å². The largest absolute Gasteiger partial charge is 0.490 e. The van der Waals surface area contributed by atoms with Gasteiger partial charge in [0.05, 0.1) is 16.6 Å². The van der Waals surface area contributed by atoms with Gasteiger partial charge < -0.3 is 9.64 Å². The van der Waals surface area contributed by atoms with Crippen LogP contribution in [0.1, 0.15) is 0 Å². The van der Waals surface area contributed by atoms with Crippen LogP contribution in [0.25, 0.3) is 10.9 Å². The van der Waals surface area contributed by atoms with Crippen molar-refractivity contribution >= 4 is 52.8 Å². The fraction of sp³-hybridized carbons (Fsp3) is 0.222. The zero-order valence-electron chi connectivity index (χ0n) is 14.3. The summed E-state index contributed by atoms with van der Waals surface area (Å²) in [5.41, 5.74) is 0.580. The summed E-state index contributed by atoms with van der Waals surface area (Å²) < 4.78 is 35.1. The quantitative estimate of drug-likeness (QED) is 0.504. The van der Waals surface area contributed by atoms with Crippen LogP contribution in [0.15, 0.2) is 62.5 Å². The standard InChI is InChI=1S/C18H18Br2N2O3S/c1-21(2)9-10-25-18-12-22(17-8-5-14(20)11-16(17)18)26(23,24)15-6-3-13(19)4-7-15/h3-8,11-12H,9-10H2,1-2H3. The molecule has 0 bridgehead atoms. The number of aromatic nitrogens is 1. The minimum atomic E-state index is -3.73. The SMILES string of the molecule is CN(C)CCOc1cn(S(=O)(=O)c2ccc(Br)cc2)c2ccc(Br)cc12. The molecular weight excluding hydrogens is 484 g/mol. The highest BCUT2D eigenvalue weighted by atomic mass is 79.9. The highest BCUT2D eigenvalue weighted by Gasteiger charge is 2.22. The molecular formula is C18H18Br2N2O3S. The summed E-state index contributed by atoms with van der Waals surface area (Å²) >= 11 is 6.77. The normalized spacial score (nSPS) is 12.0. The van der Waals surface area contributed by atoms with Crippen LogP contribution in [0.3, 0.4) is 0 Å². The molecule has 0 saturated heterocycles. The second kappa shape index (κ2) is 7.72. The van der Waals surface area contributed by atoms with E-state index < -0.39 is 10.0 Å². The molecule has 0 atom stereocenters. The Morgan fingerprint density at radius 3 is 2.35 bits per heavy atom. The number of fused-ring (bicyclic) bond motifs is 1. The Labute approximate surface area is 169 Å². The number of nitrogens with zero attached hydrogens (tertiary/aromatic N) is 2. The second-order valence-electron chi connectivity index (χ2n) is 6.06. The minimum Gasteiger partial charge on any atom is -0.490 e. The maximum Gasteiger partial charge on any atom is 0.268 e. The molecule has 3 aromatic rings. The van der Waals surface area contributed by atoms with Crippen molar-refractivity contribution in [1.82, 2.24) is 8.87 Å². The molecule has 0 aliphatic carbocycles. The molecule has 0 fully saturated rings. The van der Waals surface area contributed by atoms with Gasteiger partial charge in [-0.2, -0.15) is 0 Å². The Hall–Kier alpha value is -1.35. The third-order valence-electron chi connectivity index (χ3n) is 3.86. The summed E-state index contributed by atoms with van der Waals surface area (Å²) in [6.07, 6.45) is 1.55. The summed E-state index contributed by atoms with van der Waals surface area (Å²) in [6.45, 7) is 1.21. The van der Waals surface area contributed by atoms with Gasteiger partial charge in [0.15, 0.2) is 0 Å². The van der Waals surface area contributed by atoms with Gasteiger partial charge in [0.25, 0.3) is 10.0 Å². The van der Waals surface area contributed by atoms with Crippen molar-refractivity contribution in [3.8, 4) is 5.75 Å². The Kier molecular flexibility index (Phi) is 5.76. The number of halogens is 2. The van der Waals surface area contributed by atoms with Gasteiger partial charge in [-0.3, -0.25) is 0 Å². The van der Waals surface area contributed by atoms with Crippen LogP contribution >= 0.6 is 31.9 Å². The Morgan fingerprint density at radius 1 is 1.04 bits per heavy atom. The predicted octanol–water partition coefficient (Wildman–Crippen LogP) is 4.34. The Balaban J connectivity index is 2.09. The lowest BCUT2D eigenvalue weighted by atomic mass is 10.2. The van der Waals surface area contributed by atoms with Crippen molar-refractivity contribution in [2.75, 3.05) is 27.2 Å². The Morgan fingerprint density at radius 2 is 1.69 bits per heavy atom. The fourth-order valence-corrected chi connectivity index (χ4v) is 4.50. The van der Waals surface area contributed by atoms with E-state index in [1.807, 2.05) is 31.1 Å². The van der Waals surface area contributed by atoms with Gasteiger partial charge in [0.1, 0.15) is 12.4 Å². The van der Waals surface area contributed by atoms with Crippen molar-refractivity contribution in [3.63, 3.8) is 0 Å². The minimum absolute atomic E-state index is 0.223. The van der Waals surface area contributed by atoms with E-state index in [9.17, 15) is 8.42 Å². The first-order chi connectivity index (χ1) is 12.3. The topological polar surface area (TPSA) is 51.5 Å². The molecule has 0 aliphatic heterocycles. The van der Waals surface area contributed by atoms with E-state index >= 15 is 0 Å². The van der Waals surface area contributed by atoms with Crippen molar-refractivity contribution in [3.05, 3.63) is 57.6 Å². The number of likely N-dealkylation sites (N-methyl/N-ethyl adjacent to an activating group) is 1. The zero-order chi connectivity index (χ0) is 18.9. The first-order valence-electron chi connectivity index (χ1n) is 7.88. The zero-order valence-corrected chi connectivity index (χ0v) is 18.3. The number of rotatable bonds is 6. The summed E-state index contributed by atoms with van der Waals surface area (Å²) in [4.78, 5) is 2.23. The van der Waals surface area contributed by atoms with Crippen LogP contribution in [0.5, 0.6) is 5.75 Å². The van der Waals surface area contributed by atoms with Gasteiger partial charge in [-0.15, -0.1) is 0 Å². The van der Waals surface area contributed by atoms with Gasteiger partial charge in [-0.1, -0.05) is 31.9 Å². The van der Waals surface area contributed by atoms with E-state index in [2.05, 4.69) is 31.9 Å². The van der Waals surface area contributed by atoms with Gasteiger partial charge in [0, 0.05) is 20.9 Å². The molecule has 26 heavy (non-hydrogen) atoms. The average Bonchev–Trinajstić information content (AvgIpc) is 2.94. The molecule has 5 nitrogen and oxygen atoms in total. The van der Waals surface area contributed by atoms with Crippen molar-refractivity contribution in [2.45, 2.75) is 4.90 Å². The molecule has 1 heterocycles. The number of hydrogen-bond acceptors (Lipinski definition) is 4. The van der Waals surface area contributed by atoms with Crippen LogP contribution in [-0.4, -0.2) is 44.5 Å². The molecule has 3 rings (SSSR count). The molecule has 138 valence electrons. The van der Waals surface area contributed by atoms with Gasteiger partial charge in [-0.05, 0) is 56.6 Å². The van der Waals surface area contributed by atoms with E-state index in [4.69, 9.17) is 4.74 Å². The molecule has 0 unspecified atom stereocenters. The fourth-order valence-electron chi connectivity index (χ4n) is 2.52. The van der Waals surface area contributed by atoms with Crippen LogP contribution < -0.4 is 4.74 Å². The smallest absolute Gasteiger partial charge is 0.268 e. The molecule has 0 amide bonds. The average molecular weight is 502 g/mol. The number of hydrogen-bond donors (Lipinski definition) is 0. The molecule has 0 saturated carbocycles. The van der Waals surface area contributed by atoms with Crippen molar-refractivity contribution in [1.29, 1.82) is 0 Å². The maximum atomic E-state index is 13.1. The van der Waals surface area contributed by atoms with E-state index in [0.29, 0.717) is 17.9 Å². The van der Waals surface area contributed by atoms with Crippen LogP contribution in [0.4, 0.5) is 0 Å². The molecule has 0 spiro atoms. The predicted molar refractivity (Wildman–Crippen MR) is 110 cm³/mol. The summed E-state index contributed by atoms with van der Waals surface area (Å²) in [7, 11) is 0.193. The highest BCUT2D eigenvalue weighted by molar-refractivity contribution is 9.10. The summed E-state index contributed by atoms with van der Waals surface area (Å²) in [5, 5.41) is 0.749. The monoisotopic (exact) mass is 500 g/mol. The van der Waals surface area contributed by atoms with Crippen LogP contribution in [0.2, 0.25) is 0 Å². The van der Waals surface area contributed by atoms with Gasteiger partial charge in [-0.25, -0.2) is 12.4 Å². The summed E-state index contributed by atoms with van der Waals surface area (Å²) in [5.74, 6) is 0.545. The molecule has 1 aromatic heterocycles. The number of ether oxygens (including phenoxy) is 1. The van der Waals surface area contributed by atoms with E-state index in [1.165, 1.54) is 3.97 Å². The van der Waals surface area contributed by atoms with E-state index in [-0.39, 0.29) is 4.90 Å². The van der Waals surface area contributed by atoms with Crippen LogP contribution in [-0.2, 0) is 10.0 Å². The first kappa shape index (κ1) is 19.4. The van der Waals surface area contributed by atoms with Crippen LogP contribution in [0, 0.1) is 0 Å². The molecule has 0 radical (unpaired) electrons. The van der Waals surface area contributed by atoms with Crippen molar-refractivity contribution < 1.29 is 13.2 Å². The Bertz CT molecular complexity index is 1030. The first-order valence-corrected chi connectivity index (χ1v) is 10.9. The molecule has 2 aromatic carbocycles. The lowest BCUT2D eigenvalue weighted by molar-refractivity contribution is 0.263. The third kappa shape index (κ3) is 3.98. The molecule has 0 N–H and O–H groups in total. The molecule has 0 aliphatic rings. The summed E-state index contributed by atoms with van der Waals surface area (Å²) in [6, 6.07) is 12.0. The van der Waals surface area contributed by atoms with Gasteiger partial charge >= 0.3 is 0 Å². The molecule has 8 heteroatoms.